The second-order valence-electron chi connectivity index (χ2n) is 4.31. The standard InChI is InChI=1S/C12H15BrN4O/c1-17(2)7-10(14)11-15-12(18-16-11)8-5-3-4-6-9(8)13/h3-6,10H,7,14H2,1-2H3. The van der Waals surface area contributed by atoms with Gasteiger partial charge in [0.1, 0.15) is 0 Å². The third kappa shape index (κ3) is 2.95. The van der Waals surface area contributed by atoms with Crippen molar-refractivity contribution in [2.24, 2.45) is 5.73 Å². The van der Waals surface area contributed by atoms with E-state index in [9.17, 15) is 0 Å². The molecule has 6 heteroatoms. The van der Waals surface area contributed by atoms with Crippen molar-refractivity contribution in [3.8, 4) is 11.5 Å². The Hall–Kier alpha value is -1.24. The minimum absolute atomic E-state index is 0.250. The zero-order valence-corrected chi connectivity index (χ0v) is 11.9. The number of hydrogen-bond acceptors (Lipinski definition) is 5. The van der Waals surface area contributed by atoms with E-state index in [2.05, 4.69) is 26.1 Å². The highest BCUT2D eigenvalue weighted by atomic mass is 79.9. The molecule has 5 nitrogen and oxygen atoms in total. The van der Waals surface area contributed by atoms with Crippen molar-refractivity contribution >= 4 is 15.9 Å². The third-order valence-corrected chi connectivity index (χ3v) is 3.13. The summed E-state index contributed by atoms with van der Waals surface area (Å²) in [5, 5.41) is 3.93. The molecule has 1 aromatic carbocycles. The molecule has 0 saturated heterocycles. The second-order valence-corrected chi connectivity index (χ2v) is 5.16. The van der Waals surface area contributed by atoms with Crippen molar-refractivity contribution in [3.63, 3.8) is 0 Å². The number of hydrogen-bond donors (Lipinski definition) is 1. The summed E-state index contributed by atoms with van der Waals surface area (Å²) in [6.07, 6.45) is 0. The van der Waals surface area contributed by atoms with Gasteiger partial charge in [0.05, 0.1) is 11.6 Å². The molecule has 2 N–H and O–H groups in total. The van der Waals surface area contributed by atoms with Crippen LogP contribution in [-0.2, 0) is 0 Å². The van der Waals surface area contributed by atoms with E-state index in [1.807, 2.05) is 43.3 Å². The quantitative estimate of drug-likeness (QED) is 0.936. The molecule has 1 heterocycles. The molecule has 1 unspecified atom stereocenters. The lowest BCUT2D eigenvalue weighted by Crippen LogP contribution is -2.26. The van der Waals surface area contributed by atoms with Gasteiger partial charge in [0.25, 0.3) is 5.89 Å². The lowest BCUT2D eigenvalue weighted by atomic mass is 10.2. The Balaban J connectivity index is 2.23. The monoisotopic (exact) mass is 310 g/mol. The Morgan fingerprint density at radius 2 is 2.11 bits per heavy atom. The average molecular weight is 311 g/mol. The SMILES string of the molecule is CN(C)CC(N)c1noc(-c2ccccc2Br)n1. The first-order valence-corrected chi connectivity index (χ1v) is 6.36. The van der Waals surface area contributed by atoms with Gasteiger partial charge >= 0.3 is 0 Å². The highest BCUT2D eigenvalue weighted by Gasteiger charge is 2.16. The number of likely N-dealkylation sites (N-methyl/N-ethyl adjacent to an activating group) is 1. The summed E-state index contributed by atoms with van der Waals surface area (Å²) >= 11 is 3.45. The van der Waals surface area contributed by atoms with Crippen molar-refractivity contribution in [2.75, 3.05) is 20.6 Å². The molecule has 0 aliphatic carbocycles. The minimum Gasteiger partial charge on any atom is -0.334 e. The van der Waals surface area contributed by atoms with Crippen molar-refractivity contribution in [1.82, 2.24) is 15.0 Å². The number of nitrogens with two attached hydrogens (primary N) is 1. The van der Waals surface area contributed by atoms with E-state index in [1.165, 1.54) is 0 Å². The van der Waals surface area contributed by atoms with Gasteiger partial charge in [0.15, 0.2) is 5.82 Å². The van der Waals surface area contributed by atoms with Gasteiger partial charge in [-0.15, -0.1) is 0 Å². The fraction of sp³-hybridized carbons (Fsp3) is 0.333. The molecule has 96 valence electrons. The van der Waals surface area contributed by atoms with Crippen LogP contribution in [-0.4, -0.2) is 35.7 Å². The van der Waals surface area contributed by atoms with Gasteiger partial charge in [-0.05, 0) is 42.2 Å². The van der Waals surface area contributed by atoms with Gasteiger partial charge in [-0.25, -0.2) is 0 Å². The van der Waals surface area contributed by atoms with Crippen LogP contribution >= 0.6 is 15.9 Å². The van der Waals surface area contributed by atoms with E-state index in [-0.39, 0.29) is 6.04 Å². The molecule has 18 heavy (non-hydrogen) atoms. The Bertz CT molecular complexity index is 526. The number of benzene rings is 1. The number of nitrogens with zero attached hydrogens (tertiary/aromatic N) is 3. The summed E-state index contributed by atoms with van der Waals surface area (Å²) in [7, 11) is 3.91. The van der Waals surface area contributed by atoms with E-state index in [0.29, 0.717) is 18.3 Å². The lowest BCUT2D eigenvalue weighted by Gasteiger charge is -2.12. The van der Waals surface area contributed by atoms with Crippen LogP contribution in [0, 0.1) is 0 Å². The molecule has 0 aliphatic rings. The van der Waals surface area contributed by atoms with Crippen LogP contribution in [0.25, 0.3) is 11.5 Å². The van der Waals surface area contributed by atoms with Gasteiger partial charge in [-0.3, -0.25) is 0 Å². The van der Waals surface area contributed by atoms with Crippen LogP contribution in [0.2, 0.25) is 0 Å². The Morgan fingerprint density at radius 3 is 2.78 bits per heavy atom. The first-order valence-electron chi connectivity index (χ1n) is 5.56. The molecule has 0 radical (unpaired) electrons. The Morgan fingerprint density at radius 1 is 1.39 bits per heavy atom. The predicted octanol–water partition coefficient (Wildman–Crippen LogP) is 2.06. The minimum atomic E-state index is -0.250. The molecule has 0 spiro atoms. The molecule has 0 aliphatic heterocycles. The summed E-state index contributed by atoms with van der Waals surface area (Å²) in [5.41, 5.74) is 6.86. The van der Waals surface area contributed by atoms with Crippen molar-refractivity contribution in [3.05, 3.63) is 34.6 Å². The lowest BCUT2D eigenvalue weighted by molar-refractivity contribution is 0.357. The first kappa shape index (κ1) is 13.2. The highest BCUT2D eigenvalue weighted by Crippen LogP contribution is 2.26. The van der Waals surface area contributed by atoms with Crippen LogP contribution in [0.4, 0.5) is 0 Å². The fourth-order valence-electron chi connectivity index (χ4n) is 1.60. The maximum Gasteiger partial charge on any atom is 0.259 e. The molecule has 2 aromatic rings. The summed E-state index contributed by atoms with van der Waals surface area (Å²) in [4.78, 5) is 6.32. The molecule has 0 fully saturated rings. The van der Waals surface area contributed by atoms with Gasteiger partial charge < -0.3 is 15.2 Å². The topological polar surface area (TPSA) is 68.2 Å². The molecular formula is C12H15BrN4O. The van der Waals surface area contributed by atoms with Gasteiger partial charge in [-0.2, -0.15) is 4.98 Å². The van der Waals surface area contributed by atoms with Crippen LogP contribution in [0.3, 0.4) is 0 Å². The molecule has 0 bridgehead atoms. The summed E-state index contributed by atoms with van der Waals surface area (Å²) in [6.45, 7) is 0.676. The maximum atomic E-state index is 5.99. The van der Waals surface area contributed by atoms with E-state index in [1.54, 1.807) is 0 Å². The highest BCUT2D eigenvalue weighted by molar-refractivity contribution is 9.10. The predicted molar refractivity (Wildman–Crippen MR) is 72.9 cm³/mol. The number of rotatable bonds is 4. The van der Waals surface area contributed by atoms with E-state index in [4.69, 9.17) is 10.3 Å². The number of halogens is 1. The Labute approximate surface area is 114 Å². The van der Waals surface area contributed by atoms with Crippen LogP contribution in [0.1, 0.15) is 11.9 Å². The fourth-order valence-corrected chi connectivity index (χ4v) is 2.06. The zero-order chi connectivity index (χ0) is 13.1. The zero-order valence-electron chi connectivity index (χ0n) is 10.3. The number of aromatic nitrogens is 2. The van der Waals surface area contributed by atoms with Crippen LogP contribution in [0.5, 0.6) is 0 Å². The van der Waals surface area contributed by atoms with E-state index >= 15 is 0 Å². The summed E-state index contributed by atoms with van der Waals surface area (Å²) in [6, 6.07) is 7.45. The van der Waals surface area contributed by atoms with Crippen LogP contribution in [0.15, 0.2) is 33.3 Å². The summed E-state index contributed by atoms with van der Waals surface area (Å²) < 4.78 is 6.16. The van der Waals surface area contributed by atoms with Crippen molar-refractivity contribution in [1.29, 1.82) is 0 Å². The van der Waals surface area contributed by atoms with E-state index in [0.717, 1.165) is 10.0 Å². The maximum absolute atomic E-state index is 5.99. The molecule has 0 amide bonds. The molecule has 1 aromatic heterocycles. The molecule has 2 rings (SSSR count). The second kappa shape index (κ2) is 5.60. The average Bonchev–Trinajstić information content (AvgIpc) is 2.78. The Kier molecular flexibility index (Phi) is 4.11. The molecular weight excluding hydrogens is 296 g/mol. The summed E-state index contributed by atoms with van der Waals surface area (Å²) in [5.74, 6) is 1.00. The van der Waals surface area contributed by atoms with Crippen LogP contribution < -0.4 is 5.73 Å². The van der Waals surface area contributed by atoms with Crippen molar-refractivity contribution in [2.45, 2.75) is 6.04 Å². The first-order chi connectivity index (χ1) is 8.58. The van der Waals surface area contributed by atoms with E-state index < -0.39 is 0 Å². The molecule has 1 atom stereocenters. The normalized spacial score (nSPS) is 12.9. The van der Waals surface area contributed by atoms with Gasteiger partial charge in [0.2, 0.25) is 0 Å². The van der Waals surface area contributed by atoms with Crippen molar-refractivity contribution < 1.29 is 4.52 Å². The molecule has 0 saturated carbocycles. The van der Waals surface area contributed by atoms with Gasteiger partial charge in [-0.1, -0.05) is 17.3 Å². The largest absolute Gasteiger partial charge is 0.334 e. The smallest absolute Gasteiger partial charge is 0.259 e. The third-order valence-electron chi connectivity index (χ3n) is 2.44. The van der Waals surface area contributed by atoms with Gasteiger partial charge in [0, 0.05) is 11.0 Å².